The van der Waals surface area contributed by atoms with Gasteiger partial charge in [0.05, 0.1) is 65.1 Å². The van der Waals surface area contributed by atoms with E-state index < -0.39 is 12.3 Å². The molecule has 0 fully saturated rings. The highest BCUT2D eigenvalue weighted by Gasteiger charge is 2.28. The van der Waals surface area contributed by atoms with Crippen molar-refractivity contribution in [2.75, 3.05) is 32.8 Å². The first kappa shape index (κ1) is 36.7. The number of aliphatic hydroxyl groups excluding tert-OH is 4. The fourth-order valence-electron chi connectivity index (χ4n) is 6.27. The van der Waals surface area contributed by atoms with Gasteiger partial charge in [-0.1, -0.05) is 22.8 Å². The Labute approximate surface area is 305 Å². The number of rotatable bonds is 15. The predicted molar refractivity (Wildman–Crippen MR) is 192 cm³/mol. The lowest BCUT2D eigenvalue weighted by molar-refractivity contribution is 0.0853. The fourth-order valence-corrected chi connectivity index (χ4v) is 6.44. The van der Waals surface area contributed by atoms with Gasteiger partial charge in [0.25, 0.3) is 5.91 Å². The molecule has 0 saturated carbocycles. The molecule has 2 aliphatic heterocycles. The molecule has 52 heavy (non-hydrogen) atoms. The second-order valence-electron chi connectivity index (χ2n) is 12.2. The topological polar surface area (TPSA) is 181 Å². The van der Waals surface area contributed by atoms with Crippen LogP contribution in [0, 0.1) is 0 Å². The summed E-state index contributed by atoms with van der Waals surface area (Å²) in [7, 11) is 3.06. The van der Waals surface area contributed by atoms with E-state index in [-0.39, 0.29) is 38.9 Å². The summed E-state index contributed by atoms with van der Waals surface area (Å²) in [6, 6.07) is 17.5. The first-order valence-corrected chi connectivity index (χ1v) is 17.0. The van der Waals surface area contributed by atoms with E-state index in [2.05, 4.69) is 15.8 Å². The average Bonchev–Trinajstić information content (AvgIpc) is 3.67. The normalized spacial score (nSPS) is 16.3. The van der Waals surface area contributed by atoms with Gasteiger partial charge in [0.15, 0.2) is 17.6 Å². The maximum Gasteiger partial charge on any atom is 0.255 e. The van der Waals surface area contributed by atoms with E-state index in [4.69, 9.17) is 35.4 Å². The lowest BCUT2D eigenvalue weighted by atomic mass is 9.93. The summed E-state index contributed by atoms with van der Waals surface area (Å²) < 4.78 is 23.4. The molecule has 4 aromatic rings. The van der Waals surface area contributed by atoms with Gasteiger partial charge in [-0.25, -0.2) is 0 Å². The van der Waals surface area contributed by atoms with Crippen LogP contribution in [0.5, 0.6) is 23.0 Å². The molecule has 0 aromatic heterocycles. The van der Waals surface area contributed by atoms with E-state index in [0.717, 1.165) is 11.1 Å². The lowest BCUT2D eigenvalue weighted by Crippen LogP contribution is -2.38. The van der Waals surface area contributed by atoms with Crippen LogP contribution >= 0.6 is 11.6 Å². The first-order chi connectivity index (χ1) is 25.3. The molecule has 0 spiro atoms. The number of halogens is 1. The van der Waals surface area contributed by atoms with Gasteiger partial charge < -0.3 is 54.8 Å². The average molecular weight is 734 g/mol. The van der Waals surface area contributed by atoms with E-state index in [1.165, 1.54) is 14.2 Å². The van der Waals surface area contributed by atoms with Crippen molar-refractivity contribution in [2.45, 2.75) is 51.5 Å². The number of nitrogens with one attached hydrogen (secondary N) is 2. The minimum atomic E-state index is -0.495. The molecule has 2 atom stereocenters. The van der Waals surface area contributed by atoms with Crippen LogP contribution in [0.4, 0.5) is 5.69 Å². The highest BCUT2D eigenvalue weighted by Crippen LogP contribution is 2.41. The Morgan fingerprint density at radius 1 is 0.788 bits per heavy atom. The zero-order valence-corrected chi connectivity index (χ0v) is 29.4. The van der Waals surface area contributed by atoms with Crippen molar-refractivity contribution in [2.24, 2.45) is 5.16 Å². The minimum absolute atomic E-state index is 0.248. The summed E-state index contributed by atoms with van der Waals surface area (Å²) >= 11 is 6.05. The van der Waals surface area contributed by atoms with Crippen LogP contribution in [0.15, 0.2) is 65.8 Å². The third-order valence-electron chi connectivity index (χ3n) is 8.97. The van der Waals surface area contributed by atoms with Crippen molar-refractivity contribution in [3.05, 3.63) is 110 Å². The molecule has 2 heterocycles. The molecule has 1 amide bonds. The molecular weight excluding hydrogens is 694 g/mol. The van der Waals surface area contributed by atoms with Crippen LogP contribution in [0.1, 0.15) is 74.4 Å². The second-order valence-corrected chi connectivity index (χ2v) is 12.6. The van der Waals surface area contributed by atoms with Gasteiger partial charge in [-0.3, -0.25) is 4.79 Å². The van der Waals surface area contributed by atoms with Gasteiger partial charge in [-0.2, -0.15) is 0 Å². The van der Waals surface area contributed by atoms with Gasteiger partial charge in [0, 0.05) is 34.7 Å². The molecule has 6 rings (SSSR count). The number of benzene rings is 4. The zero-order chi connectivity index (χ0) is 36.8. The standard InChI is InChI=1S/C38H40ClN3O10/c1-48-34-13-22(31-16-33(52-42-31)23-11-24(17-43)29(20-46)25(12-23)18-44)14-35(49-2)36(34)51-9-3-8-50-32-7-4-21(10-26(32)19-45)37-40-30-6-5-27(39)15-28(30)38(47)41-37/h4-7,10-15,33,37,40,43-46H,3,8-9,16-20H2,1-2H3,(H,41,47). The Bertz CT molecular complexity index is 1920. The van der Waals surface area contributed by atoms with E-state index in [9.17, 15) is 25.2 Å². The van der Waals surface area contributed by atoms with Crippen LogP contribution in [0.25, 0.3) is 0 Å². The third kappa shape index (κ3) is 7.73. The molecule has 13 nitrogen and oxygen atoms in total. The summed E-state index contributed by atoms with van der Waals surface area (Å²) in [5.41, 5.74) is 6.06. The Kier molecular flexibility index (Phi) is 11.7. The SMILES string of the molecule is COc1cc(C2=NOC(c3cc(CO)c(CO)c(CO)c3)C2)cc(OC)c1OCCCOc1ccc(C2NC(=O)c3cc(Cl)ccc3N2)cc1CO. The van der Waals surface area contributed by atoms with Crippen LogP contribution in [0.3, 0.4) is 0 Å². The number of anilines is 1. The Balaban J connectivity index is 1.06. The van der Waals surface area contributed by atoms with Crippen LogP contribution < -0.4 is 29.6 Å². The molecule has 4 aromatic carbocycles. The number of amides is 1. The van der Waals surface area contributed by atoms with E-state index in [1.54, 1.807) is 54.6 Å². The molecule has 0 radical (unpaired) electrons. The van der Waals surface area contributed by atoms with Crippen molar-refractivity contribution in [3.8, 4) is 23.0 Å². The number of carbonyl (C=O) groups is 1. The highest BCUT2D eigenvalue weighted by atomic mass is 35.5. The molecular formula is C38H40ClN3O10. The van der Waals surface area contributed by atoms with Crippen LogP contribution in [-0.2, 0) is 31.3 Å². The molecule has 2 aliphatic rings. The maximum atomic E-state index is 12.7. The van der Waals surface area contributed by atoms with Crippen molar-refractivity contribution in [3.63, 3.8) is 0 Å². The Morgan fingerprint density at radius 2 is 1.46 bits per heavy atom. The van der Waals surface area contributed by atoms with Gasteiger partial charge in [0.1, 0.15) is 11.9 Å². The molecule has 2 unspecified atom stereocenters. The number of oxime groups is 1. The second kappa shape index (κ2) is 16.5. The van der Waals surface area contributed by atoms with Crippen molar-refractivity contribution in [1.82, 2.24) is 5.32 Å². The Hall–Kier alpha value is -5.05. The monoisotopic (exact) mass is 733 g/mol. The van der Waals surface area contributed by atoms with Crippen LogP contribution in [0.2, 0.25) is 5.02 Å². The molecule has 0 bridgehead atoms. The summed E-state index contributed by atoms with van der Waals surface area (Å²) in [6.45, 7) is -0.559. The fraction of sp³-hybridized carbons (Fsp3) is 0.316. The van der Waals surface area contributed by atoms with Gasteiger partial charge in [-0.05, 0) is 82.4 Å². The predicted octanol–water partition coefficient (Wildman–Crippen LogP) is 4.89. The van der Waals surface area contributed by atoms with E-state index in [1.807, 2.05) is 6.07 Å². The number of carbonyl (C=O) groups excluding carboxylic acids is 1. The number of ether oxygens (including phenoxy) is 4. The summed E-state index contributed by atoms with van der Waals surface area (Å²) in [4.78, 5) is 18.4. The first-order valence-electron chi connectivity index (χ1n) is 16.6. The molecule has 6 N–H and O–H groups in total. The Morgan fingerprint density at radius 3 is 2.12 bits per heavy atom. The largest absolute Gasteiger partial charge is 0.493 e. The highest BCUT2D eigenvalue weighted by molar-refractivity contribution is 6.31. The zero-order valence-electron chi connectivity index (χ0n) is 28.6. The smallest absolute Gasteiger partial charge is 0.255 e. The van der Waals surface area contributed by atoms with E-state index >= 15 is 0 Å². The molecule has 0 aliphatic carbocycles. The van der Waals surface area contributed by atoms with Crippen molar-refractivity contribution >= 4 is 28.9 Å². The number of nitrogens with zero attached hydrogens (tertiary/aromatic N) is 1. The van der Waals surface area contributed by atoms with Crippen LogP contribution in [-0.4, -0.2) is 59.5 Å². The number of fused-ring (bicyclic) bond motifs is 1. The summed E-state index contributed by atoms with van der Waals surface area (Å²) in [5.74, 6) is 1.55. The number of hydrogen-bond acceptors (Lipinski definition) is 12. The van der Waals surface area contributed by atoms with Gasteiger partial charge in [0.2, 0.25) is 5.75 Å². The number of hydrogen-bond donors (Lipinski definition) is 6. The number of methoxy groups -OCH3 is 2. The third-order valence-corrected chi connectivity index (χ3v) is 9.21. The molecule has 0 saturated heterocycles. The van der Waals surface area contributed by atoms with Crippen molar-refractivity contribution < 1.29 is 49.0 Å². The molecule has 274 valence electrons. The minimum Gasteiger partial charge on any atom is -0.493 e. The van der Waals surface area contributed by atoms with Gasteiger partial charge >= 0.3 is 0 Å². The van der Waals surface area contributed by atoms with Gasteiger partial charge in [-0.15, -0.1) is 0 Å². The molecule has 14 heteroatoms. The lowest BCUT2D eigenvalue weighted by Gasteiger charge is -2.28. The van der Waals surface area contributed by atoms with E-state index in [0.29, 0.717) is 92.2 Å². The van der Waals surface area contributed by atoms with Crippen molar-refractivity contribution in [1.29, 1.82) is 0 Å². The number of aliphatic hydroxyl groups is 4. The quantitative estimate of drug-likeness (QED) is 0.0916. The summed E-state index contributed by atoms with van der Waals surface area (Å²) in [5, 5.41) is 50.4. The summed E-state index contributed by atoms with van der Waals surface area (Å²) in [6.07, 6.45) is -0.0474. The maximum absolute atomic E-state index is 12.7.